The number of carbonyl (C=O) groups is 2. The number of carboxylic acid groups (broad SMARTS) is 1. The number of aliphatic carboxylic acids is 1. The first-order valence-corrected chi connectivity index (χ1v) is 9.20. The number of aromatic nitrogens is 2. The largest absolute Gasteiger partial charge is 0.481 e. The highest BCUT2D eigenvalue weighted by Gasteiger charge is 2.29. The van der Waals surface area contributed by atoms with Crippen LogP contribution in [0.25, 0.3) is 11.4 Å². The standard InChI is InChI=1S/C20H23N3O4/c1-2-15-11-17(24)23-18(21-15)14-4-3-5-16(10-14)22-19(25)12-6-8-13(9-7-12)20(26)27/h3-5,10-13H,2,6-9H2,1H3,(H,22,25)(H,26,27)(H,21,23,24). The zero-order valence-electron chi connectivity index (χ0n) is 15.2. The molecule has 1 saturated carbocycles. The summed E-state index contributed by atoms with van der Waals surface area (Å²) in [6, 6.07) is 8.66. The fraction of sp³-hybridized carbons (Fsp3) is 0.400. The molecule has 7 heteroatoms. The van der Waals surface area contributed by atoms with Crippen LogP contribution in [0.4, 0.5) is 5.69 Å². The Hall–Kier alpha value is -2.96. The van der Waals surface area contributed by atoms with Crippen LogP contribution in [0.2, 0.25) is 0 Å². The van der Waals surface area contributed by atoms with Crippen molar-refractivity contribution < 1.29 is 14.7 Å². The number of benzene rings is 1. The third-order valence-corrected chi connectivity index (χ3v) is 5.01. The molecule has 1 aliphatic carbocycles. The van der Waals surface area contributed by atoms with Gasteiger partial charge in [-0.1, -0.05) is 19.1 Å². The highest BCUT2D eigenvalue weighted by Crippen LogP contribution is 2.30. The summed E-state index contributed by atoms with van der Waals surface area (Å²) in [5, 5.41) is 12.0. The topological polar surface area (TPSA) is 112 Å². The molecule has 0 saturated heterocycles. The van der Waals surface area contributed by atoms with Gasteiger partial charge in [0.25, 0.3) is 5.56 Å². The third kappa shape index (κ3) is 4.61. The average Bonchev–Trinajstić information content (AvgIpc) is 2.67. The molecule has 1 heterocycles. The van der Waals surface area contributed by atoms with E-state index in [4.69, 9.17) is 5.11 Å². The molecule has 1 amide bonds. The van der Waals surface area contributed by atoms with Crippen molar-refractivity contribution in [2.45, 2.75) is 39.0 Å². The Kier molecular flexibility index (Phi) is 5.69. The summed E-state index contributed by atoms with van der Waals surface area (Å²) < 4.78 is 0. The monoisotopic (exact) mass is 369 g/mol. The lowest BCUT2D eigenvalue weighted by atomic mass is 9.81. The highest BCUT2D eigenvalue weighted by atomic mass is 16.4. The highest BCUT2D eigenvalue weighted by molar-refractivity contribution is 5.93. The molecule has 3 N–H and O–H groups in total. The van der Waals surface area contributed by atoms with Crippen LogP contribution < -0.4 is 10.9 Å². The van der Waals surface area contributed by atoms with Gasteiger partial charge in [0.2, 0.25) is 5.91 Å². The van der Waals surface area contributed by atoms with Crippen molar-refractivity contribution in [3.63, 3.8) is 0 Å². The first kappa shape index (κ1) is 18.8. The summed E-state index contributed by atoms with van der Waals surface area (Å²) in [5.74, 6) is -0.925. The number of anilines is 1. The predicted molar refractivity (Wildman–Crippen MR) is 101 cm³/mol. The van der Waals surface area contributed by atoms with Crippen LogP contribution in [0.3, 0.4) is 0 Å². The van der Waals surface area contributed by atoms with Gasteiger partial charge in [0, 0.05) is 28.9 Å². The molecule has 142 valence electrons. The molecule has 0 unspecified atom stereocenters. The summed E-state index contributed by atoms with van der Waals surface area (Å²) in [5.41, 5.74) is 1.84. The molecular formula is C20H23N3O4. The molecule has 27 heavy (non-hydrogen) atoms. The quantitative estimate of drug-likeness (QED) is 0.750. The fourth-order valence-corrected chi connectivity index (χ4v) is 3.42. The van der Waals surface area contributed by atoms with E-state index in [1.54, 1.807) is 18.2 Å². The molecular weight excluding hydrogens is 346 g/mol. The van der Waals surface area contributed by atoms with Crippen LogP contribution in [0.5, 0.6) is 0 Å². The number of aryl methyl sites for hydroxylation is 1. The van der Waals surface area contributed by atoms with E-state index in [9.17, 15) is 14.4 Å². The van der Waals surface area contributed by atoms with Crippen molar-refractivity contribution >= 4 is 17.6 Å². The van der Waals surface area contributed by atoms with Gasteiger partial charge in [-0.15, -0.1) is 0 Å². The number of carbonyl (C=O) groups excluding carboxylic acids is 1. The van der Waals surface area contributed by atoms with Crippen LogP contribution in [-0.2, 0) is 16.0 Å². The lowest BCUT2D eigenvalue weighted by Gasteiger charge is -2.25. The molecule has 0 bridgehead atoms. The first-order valence-electron chi connectivity index (χ1n) is 9.20. The van der Waals surface area contributed by atoms with Crippen LogP contribution >= 0.6 is 0 Å². The van der Waals surface area contributed by atoms with Gasteiger partial charge in [-0.2, -0.15) is 0 Å². The molecule has 1 aromatic carbocycles. The molecule has 0 atom stereocenters. The van der Waals surface area contributed by atoms with E-state index < -0.39 is 5.97 Å². The summed E-state index contributed by atoms with van der Waals surface area (Å²) >= 11 is 0. The number of carboxylic acids is 1. The number of aromatic amines is 1. The number of hydrogen-bond acceptors (Lipinski definition) is 4. The summed E-state index contributed by atoms with van der Waals surface area (Å²) in [4.78, 5) is 42.5. The van der Waals surface area contributed by atoms with Crippen molar-refractivity contribution in [2.75, 3.05) is 5.32 Å². The molecule has 7 nitrogen and oxygen atoms in total. The predicted octanol–water partition coefficient (Wildman–Crippen LogP) is 2.83. The van der Waals surface area contributed by atoms with Crippen LogP contribution in [0, 0.1) is 11.8 Å². The third-order valence-electron chi connectivity index (χ3n) is 5.01. The minimum Gasteiger partial charge on any atom is -0.481 e. The molecule has 1 aliphatic rings. The maximum Gasteiger partial charge on any atom is 0.306 e. The maximum atomic E-state index is 12.5. The van der Waals surface area contributed by atoms with E-state index >= 15 is 0 Å². The Labute approximate surface area is 156 Å². The van der Waals surface area contributed by atoms with Crippen LogP contribution in [-0.4, -0.2) is 27.0 Å². The van der Waals surface area contributed by atoms with Crippen molar-refractivity contribution in [1.82, 2.24) is 9.97 Å². The number of hydrogen-bond donors (Lipinski definition) is 3. The zero-order chi connectivity index (χ0) is 19.4. The zero-order valence-corrected chi connectivity index (χ0v) is 15.2. The van der Waals surface area contributed by atoms with E-state index in [0.29, 0.717) is 49.3 Å². The summed E-state index contributed by atoms with van der Waals surface area (Å²) in [7, 11) is 0. The molecule has 0 aliphatic heterocycles. The number of nitrogens with zero attached hydrogens (tertiary/aromatic N) is 1. The number of amides is 1. The van der Waals surface area contributed by atoms with E-state index in [1.165, 1.54) is 6.07 Å². The lowest BCUT2D eigenvalue weighted by molar-refractivity contribution is -0.143. The summed E-state index contributed by atoms with van der Waals surface area (Å²) in [6.07, 6.45) is 2.88. The smallest absolute Gasteiger partial charge is 0.306 e. The van der Waals surface area contributed by atoms with Crippen molar-refractivity contribution in [1.29, 1.82) is 0 Å². The van der Waals surface area contributed by atoms with E-state index in [-0.39, 0.29) is 23.3 Å². The Morgan fingerprint density at radius 2 is 1.89 bits per heavy atom. The summed E-state index contributed by atoms with van der Waals surface area (Å²) in [6.45, 7) is 1.93. The van der Waals surface area contributed by atoms with Gasteiger partial charge in [0.15, 0.2) is 0 Å². The Morgan fingerprint density at radius 1 is 1.19 bits per heavy atom. The Balaban J connectivity index is 1.71. The lowest BCUT2D eigenvalue weighted by Crippen LogP contribution is -2.29. The first-order chi connectivity index (χ1) is 13.0. The van der Waals surface area contributed by atoms with Gasteiger partial charge in [-0.3, -0.25) is 14.4 Å². The van der Waals surface area contributed by atoms with Gasteiger partial charge in [0.05, 0.1) is 5.92 Å². The minimum atomic E-state index is -0.780. The minimum absolute atomic E-state index is 0.0975. The SMILES string of the molecule is CCc1cc(=O)[nH]c(-c2cccc(NC(=O)C3CCC(C(=O)O)CC3)c2)n1. The average molecular weight is 369 g/mol. The van der Waals surface area contributed by atoms with Gasteiger partial charge in [-0.05, 0) is 44.2 Å². The fourth-order valence-electron chi connectivity index (χ4n) is 3.42. The van der Waals surface area contributed by atoms with Crippen LogP contribution in [0.15, 0.2) is 35.1 Å². The van der Waals surface area contributed by atoms with E-state index in [1.807, 2.05) is 13.0 Å². The molecule has 0 spiro atoms. The van der Waals surface area contributed by atoms with Crippen molar-refractivity contribution in [3.8, 4) is 11.4 Å². The number of rotatable bonds is 5. The molecule has 3 rings (SSSR count). The van der Waals surface area contributed by atoms with E-state index in [0.717, 1.165) is 5.56 Å². The Morgan fingerprint density at radius 3 is 2.56 bits per heavy atom. The number of H-pyrrole nitrogens is 1. The van der Waals surface area contributed by atoms with Crippen molar-refractivity contribution in [3.05, 3.63) is 46.4 Å². The van der Waals surface area contributed by atoms with Crippen molar-refractivity contribution in [2.24, 2.45) is 11.8 Å². The number of nitrogens with one attached hydrogen (secondary N) is 2. The van der Waals surface area contributed by atoms with Gasteiger partial charge in [0.1, 0.15) is 5.82 Å². The normalized spacial score (nSPS) is 19.4. The second-order valence-corrected chi connectivity index (χ2v) is 6.90. The van der Waals surface area contributed by atoms with Gasteiger partial charge >= 0.3 is 5.97 Å². The molecule has 1 fully saturated rings. The van der Waals surface area contributed by atoms with E-state index in [2.05, 4.69) is 15.3 Å². The second-order valence-electron chi connectivity index (χ2n) is 6.90. The molecule has 0 radical (unpaired) electrons. The Bertz CT molecular complexity index is 898. The second kappa shape index (κ2) is 8.16. The van der Waals surface area contributed by atoms with Crippen LogP contribution in [0.1, 0.15) is 38.3 Å². The van der Waals surface area contributed by atoms with Gasteiger partial charge < -0.3 is 15.4 Å². The molecule has 1 aromatic heterocycles. The van der Waals surface area contributed by atoms with Gasteiger partial charge in [-0.25, -0.2) is 4.98 Å². The molecule has 2 aromatic rings. The maximum absolute atomic E-state index is 12.5.